The van der Waals surface area contributed by atoms with Crippen molar-refractivity contribution in [3.8, 4) is 0 Å². The molecule has 4 rings (SSSR count). The molecule has 0 bridgehead atoms. The summed E-state index contributed by atoms with van der Waals surface area (Å²) in [7, 11) is 2.01. The molecule has 31 heavy (non-hydrogen) atoms. The SMILES string of the molecule is CN(CCCNC(=O)c1ccc2c(c1)C(=O)N(Cc1ccco1)C2=O)c1ccccc1. The van der Waals surface area contributed by atoms with Crippen molar-refractivity contribution in [2.45, 2.75) is 13.0 Å². The minimum atomic E-state index is -0.421. The quantitative estimate of drug-likeness (QED) is 0.449. The lowest BCUT2D eigenvalue weighted by atomic mass is 10.1. The van der Waals surface area contributed by atoms with Crippen molar-refractivity contribution in [3.05, 3.63) is 89.4 Å². The average molecular weight is 417 g/mol. The number of nitrogens with zero attached hydrogens (tertiary/aromatic N) is 2. The van der Waals surface area contributed by atoms with Crippen LogP contribution in [0.4, 0.5) is 5.69 Å². The topological polar surface area (TPSA) is 82.9 Å². The third kappa shape index (κ3) is 4.35. The molecular weight excluding hydrogens is 394 g/mol. The fourth-order valence-electron chi connectivity index (χ4n) is 3.57. The standard InChI is InChI=1S/C24H23N3O4/c1-26(18-7-3-2-4-8-18)13-6-12-25-22(28)17-10-11-20-21(15-17)24(30)27(23(20)29)16-19-9-5-14-31-19/h2-5,7-11,14-15H,6,12-13,16H2,1H3,(H,25,28). The molecule has 7 nitrogen and oxygen atoms in total. The highest BCUT2D eigenvalue weighted by Gasteiger charge is 2.36. The van der Waals surface area contributed by atoms with E-state index in [4.69, 9.17) is 4.42 Å². The lowest BCUT2D eigenvalue weighted by Gasteiger charge is -2.19. The predicted octanol–water partition coefficient (Wildman–Crippen LogP) is 3.33. The molecule has 0 saturated carbocycles. The Balaban J connectivity index is 1.34. The first kappa shape index (κ1) is 20.4. The Morgan fingerprint density at radius 3 is 2.52 bits per heavy atom. The molecule has 158 valence electrons. The van der Waals surface area contributed by atoms with Gasteiger partial charge in [0.25, 0.3) is 17.7 Å². The Bertz CT molecular complexity index is 1090. The molecule has 3 amide bonds. The van der Waals surface area contributed by atoms with Gasteiger partial charge in [0.2, 0.25) is 0 Å². The Hall–Kier alpha value is -3.87. The first-order chi connectivity index (χ1) is 15.0. The van der Waals surface area contributed by atoms with E-state index in [0.717, 1.165) is 23.6 Å². The van der Waals surface area contributed by atoms with E-state index in [1.54, 1.807) is 18.2 Å². The second kappa shape index (κ2) is 8.87. The van der Waals surface area contributed by atoms with Crippen LogP contribution < -0.4 is 10.2 Å². The highest BCUT2D eigenvalue weighted by molar-refractivity contribution is 6.22. The van der Waals surface area contributed by atoms with Crippen LogP contribution in [0.2, 0.25) is 0 Å². The zero-order valence-corrected chi connectivity index (χ0v) is 17.2. The van der Waals surface area contributed by atoms with E-state index < -0.39 is 5.91 Å². The molecule has 1 aliphatic rings. The van der Waals surface area contributed by atoms with Crippen LogP contribution in [0.15, 0.2) is 71.3 Å². The summed E-state index contributed by atoms with van der Waals surface area (Å²) in [6.07, 6.45) is 2.27. The number of amides is 3. The van der Waals surface area contributed by atoms with Crippen molar-refractivity contribution in [1.82, 2.24) is 10.2 Å². The maximum absolute atomic E-state index is 12.7. The number of imide groups is 1. The van der Waals surface area contributed by atoms with E-state index >= 15 is 0 Å². The molecule has 1 aromatic heterocycles. The van der Waals surface area contributed by atoms with Crippen LogP contribution >= 0.6 is 0 Å². The number of carbonyl (C=O) groups excluding carboxylic acids is 3. The van der Waals surface area contributed by atoms with E-state index in [2.05, 4.69) is 10.2 Å². The third-order valence-corrected chi connectivity index (χ3v) is 5.28. The fourth-order valence-corrected chi connectivity index (χ4v) is 3.57. The van der Waals surface area contributed by atoms with Gasteiger partial charge in [-0.2, -0.15) is 0 Å². The van der Waals surface area contributed by atoms with Crippen LogP contribution in [0.3, 0.4) is 0 Å². The lowest BCUT2D eigenvalue weighted by Crippen LogP contribution is -2.29. The van der Waals surface area contributed by atoms with Gasteiger partial charge in [0.05, 0.1) is 23.9 Å². The summed E-state index contributed by atoms with van der Waals surface area (Å²) in [4.78, 5) is 41.1. The summed E-state index contributed by atoms with van der Waals surface area (Å²) in [5.41, 5.74) is 2.02. The molecule has 3 aromatic rings. The largest absolute Gasteiger partial charge is 0.467 e. The van der Waals surface area contributed by atoms with E-state index in [1.165, 1.54) is 18.4 Å². The van der Waals surface area contributed by atoms with Crippen molar-refractivity contribution in [3.63, 3.8) is 0 Å². The Kier molecular flexibility index (Phi) is 5.84. The molecule has 2 heterocycles. The zero-order chi connectivity index (χ0) is 21.8. The molecule has 0 unspecified atom stereocenters. The summed E-state index contributed by atoms with van der Waals surface area (Å²) >= 11 is 0. The van der Waals surface area contributed by atoms with Crippen LogP contribution in [0.25, 0.3) is 0 Å². The minimum absolute atomic E-state index is 0.0653. The number of nitrogens with one attached hydrogen (secondary N) is 1. The van der Waals surface area contributed by atoms with Gasteiger partial charge in [0, 0.05) is 31.4 Å². The Labute approximate surface area is 180 Å². The van der Waals surface area contributed by atoms with E-state index in [1.807, 2.05) is 37.4 Å². The van der Waals surface area contributed by atoms with E-state index in [0.29, 0.717) is 23.4 Å². The summed E-state index contributed by atoms with van der Waals surface area (Å²) in [5.74, 6) is -0.550. The lowest BCUT2D eigenvalue weighted by molar-refractivity contribution is 0.0631. The van der Waals surface area contributed by atoms with E-state index in [9.17, 15) is 14.4 Å². The Morgan fingerprint density at radius 2 is 1.77 bits per heavy atom. The highest BCUT2D eigenvalue weighted by atomic mass is 16.3. The molecule has 0 saturated heterocycles. The number of fused-ring (bicyclic) bond motifs is 1. The van der Waals surface area contributed by atoms with Crippen molar-refractivity contribution in [1.29, 1.82) is 0 Å². The monoisotopic (exact) mass is 417 g/mol. The smallest absolute Gasteiger partial charge is 0.261 e. The normalized spacial score (nSPS) is 12.7. The van der Waals surface area contributed by atoms with Crippen molar-refractivity contribution < 1.29 is 18.8 Å². The minimum Gasteiger partial charge on any atom is -0.467 e. The molecule has 0 radical (unpaired) electrons. The predicted molar refractivity (Wildman–Crippen MR) is 116 cm³/mol. The molecule has 0 atom stereocenters. The van der Waals surface area contributed by atoms with Gasteiger partial charge in [0.1, 0.15) is 5.76 Å². The van der Waals surface area contributed by atoms with Crippen LogP contribution in [0.1, 0.15) is 43.3 Å². The number of carbonyl (C=O) groups is 3. The molecule has 0 aliphatic carbocycles. The fraction of sp³-hybridized carbons (Fsp3) is 0.208. The van der Waals surface area contributed by atoms with Gasteiger partial charge in [0.15, 0.2) is 0 Å². The van der Waals surface area contributed by atoms with Crippen LogP contribution in [0.5, 0.6) is 0 Å². The number of hydrogen-bond donors (Lipinski definition) is 1. The maximum atomic E-state index is 12.7. The van der Waals surface area contributed by atoms with Gasteiger partial charge < -0.3 is 14.6 Å². The summed E-state index contributed by atoms with van der Waals surface area (Å²) in [6, 6.07) is 18.0. The second-order valence-electron chi connectivity index (χ2n) is 7.40. The molecular formula is C24H23N3O4. The van der Waals surface area contributed by atoms with Gasteiger partial charge in [-0.25, -0.2) is 0 Å². The van der Waals surface area contributed by atoms with Gasteiger partial charge in [-0.1, -0.05) is 18.2 Å². The van der Waals surface area contributed by atoms with Gasteiger partial charge in [-0.15, -0.1) is 0 Å². The third-order valence-electron chi connectivity index (χ3n) is 5.28. The second-order valence-corrected chi connectivity index (χ2v) is 7.40. The molecule has 1 aliphatic heterocycles. The van der Waals surface area contributed by atoms with Crippen LogP contribution in [-0.4, -0.2) is 42.8 Å². The van der Waals surface area contributed by atoms with Gasteiger partial charge in [-0.05, 0) is 48.9 Å². The number of furan rings is 1. The van der Waals surface area contributed by atoms with Crippen LogP contribution in [-0.2, 0) is 6.54 Å². The Morgan fingerprint density at radius 1 is 1.00 bits per heavy atom. The summed E-state index contributed by atoms with van der Waals surface area (Å²) in [5, 5.41) is 2.88. The number of benzene rings is 2. The first-order valence-corrected chi connectivity index (χ1v) is 10.1. The van der Waals surface area contributed by atoms with E-state index in [-0.39, 0.29) is 23.9 Å². The van der Waals surface area contributed by atoms with Gasteiger partial charge in [-0.3, -0.25) is 19.3 Å². The summed E-state index contributed by atoms with van der Waals surface area (Å²) < 4.78 is 5.24. The summed E-state index contributed by atoms with van der Waals surface area (Å²) in [6.45, 7) is 1.36. The molecule has 0 fully saturated rings. The van der Waals surface area contributed by atoms with Crippen LogP contribution in [0, 0.1) is 0 Å². The first-order valence-electron chi connectivity index (χ1n) is 10.1. The molecule has 1 N–H and O–H groups in total. The zero-order valence-electron chi connectivity index (χ0n) is 17.2. The molecule has 0 spiro atoms. The maximum Gasteiger partial charge on any atom is 0.261 e. The van der Waals surface area contributed by atoms with Gasteiger partial charge >= 0.3 is 0 Å². The molecule has 2 aromatic carbocycles. The average Bonchev–Trinajstić information content (AvgIpc) is 3.40. The van der Waals surface area contributed by atoms with Crippen molar-refractivity contribution >= 4 is 23.4 Å². The van der Waals surface area contributed by atoms with Crippen molar-refractivity contribution in [2.24, 2.45) is 0 Å². The number of rotatable bonds is 8. The van der Waals surface area contributed by atoms with Crippen molar-refractivity contribution in [2.75, 3.05) is 25.0 Å². The number of hydrogen-bond acceptors (Lipinski definition) is 5. The highest BCUT2D eigenvalue weighted by Crippen LogP contribution is 2.25. The number of anilines is 1. The number of para-hydroxylation sites is 1. The molecule has 7 heteroatoms.